The molecule has 0 saturated carbocycles. The van der Waals surface area contributed by atoms with E-state index in [1.54, 1.807) is 0 Å². The third-order valence-electron chi connectivity index (χ3n) is 10.3. The van der Waals surface area contributed by atoms with E-state index in [-0.39, 0.29) is 0 Å². The van der Waals surface area contributed by atoms with Crippen LogP contribution in [0, 0.1) is 0 Å². The Morgan fingerprint density at radius 2 is 0.923 bits per heavy atom. The molecule has 0 aliphatic heterocycles. The summed E-state index contributed by atoms with van der Waals surface area (Å²) >= 11 is 0. The average molecular weight is 664 g/mol. The first kappa shape index (κ1) is 30.0. The van der Waals surface area contributed by atoms with Gasteiger partial charge in [0.05, 0.1) is 5.69 Å². The Bertz CT molecular complexity index is 2890. The molecule has 52 heavy (non-hydrogen) atoms. The van der Waals surface area contributed by atoms with Crippen molar-refractivity contribution in [2.75, 3.05) is 4.90 Å². The minimum absolute atomic E-state index is 0.890. The molecule has 0 radical (unpaired) electrons. The Kier molecular flexibility index (Phi) is 7.18. The number of nitrogens with zero attached hydrogens (tertiary/aromatic N) is 1. The molecular weight excluding hydrogens is 631 g/mol. The van der Waals surface area contributed by atoms with Crippen LogP contribution in [0.4, 0.5) is 17.1 Å². The molecule has 0 unspecified atom stereocenters. The zero-order valence-electron chi connectivity index (χ0n) is 28.4. The van der Waals surface area contributed by atoms with E-state index in [1.807, 2.05) is 0 Å². The lowest BCUT2D eigenvalue weighted by molar-refractivity contribution is 0.673. The molecule has 10 rings (SSSR count). The highest BCUT2D eigenvalue weighted by Crippen LogP contribution is 2.45. The topological polar surface area (TPSA) is 16.4 Å². The van der Waals surface area contributed by atoms with Crippen LogP contribution in [0.1, 0.15) is 0 Å². The molecule has 0 bridgehead atoms. The molecule has 10 aromatic rings. The molecule has 0 N–H and O–H groups in total. The highest BCUT2D eigenvalue weighted by Gasteiger charge is 2.21. The van der Waals surface area contributed by atoms with Gasteiger partial charge in [-0.05, 0) is 92.5 Å². The number of hydrogen-bond acceptors (Lipinski definition) is 2. The molecule has 0 atom stereocenters. The van der Waals surface area contributed by atoms with Crippen LogP contribution >= 0.6 is 0 Å². The van der Waals surface area contributed by atoms with Gasteiger partial charge < -0.3 is 9.32 Å². The summed E-state index contributed by atoms with van der Waals surface area (Å²) in [5.41, 5.74) is 12.2. The maximum atomic E-state index is 6.59. The first-order valence-electron chi connectivity index (χ1n) is 17.8. The molecule has 1 aromatic heterocycles. The molecule has 0 aliphatic carbocycles. The van der Waals surface area contributed by atoms with Gasteiger partial charge in [-0.2, -0.15) is 0 Å². The van der Waals surface area contributed by atoms with E-state index in [2.05, 4.69) is 205 Å². The van der Waals surface area contributed by atoms with Crippen LogP contribution < -0.4 is 4.90 Å². The molecule has 0 amide bonds. The predicted octanol–water partition coefficient (Wildman–Crippen LogP) is 14.4. The van der Waals surface area contributed by atoms with Crippen molar-refractivity contribution in [3.8, 4) is 33.4 Å². The van der Waals surface area contributed by atoms with Gasteiger partial charge in [-0.3, -0.25) is 0 Å². The second-order valence-corrected chi connectivity index (χ2v) is 13.3. The fourth-order valence-electron chi connectivity index (χ4n) is 7.71. The summed E-state index contributed by atoms with van der Waals surface area (Å²) in [5, 5.41) is 7.08. The lowest BCUT2D eigenvalue weighted by Crippen LogP contribution is -2.11. The number of anilines is 3. The molecule has 2 nitrogen and oxygen atoms in total. The molecule has 0 aliphatic rings. The molecule has 244 valence electrons. The first-order chi connectivity index (χ1) is 25.8. The third-order valence-corrected chi connectivity index (χ3v) is 10.3. The lowest BCUT2D eigenvalue weighted by Gasteiger charge is -2.28. The van der Waals surface area contributed by atoms with E-state index in [4.69, 9.17) is 4.42 Å². The van der Waals surface area contributed by atoms with Gasteiger partial charge in [0.1, 0.15) is 11.2 Å². The number of para-hydroxylation sites is 2. The molecule has 0 fully saturated rings. The summed E-state index contributed by atoms with van der Waals surface area (Å²) < 4.78 is 6.59. The van der Waals surface area contributed by atoms with Crippen LogP contribution in [0.15, 0.2) is 205 Å². The zero-order valence-corrected chi connectivity index (χ0v) is 28.4. The van der Waals surface area contributed by atoms with E-state index >= 15 is 0 Å². The van der Waals surface area contributed by atoms with E-state index in [1.165, 1.54) is 38.4 Å². The second kappa shape index (κ2) is 12.5. The van der Waals surface area contributed by atoms with Crippen molar-refractivity contribution >= 4 is 60.5 Å². The Balaban J connectivity index is 1.05. The molecule has 9 aromatic carbocycles. The summed E-state index contributed by atoms with van der Waals surface area (Å²) in [6.45, 7) is 0. The minimum atomic E-state index is 0.890. The lowest BCUT2D eigenvalue weighted by atomic mass is 9.96. The van der Waals surface area contributed by atoms with Crippen molar-refractivity contribution in [3.05, 3.63) is 200 Å². The number of furan rings is 1. The van der Waals surface area contributed by atoms with Crippen molar-refractivity contribution in [2.45, 2.75) is 0 Å². The SMILES string of the molecule is c1ccc(N(c2ccc(-c3ccc(-c4ccc5ccccc5c4)cc3)cc2)c2ccccc2-c2cccc3oc4c5ccccc5ccc4c23)cc1. The number of benzene rings is 9. The molecular formula is C50H33NO. The van der Waals surface area contributed by atoms with Crippen molar-refractivity contribution < 1.29 is 4.42 Å². The van der Waals surface area contributed by atoms with Gasteiger partial charge in [-0.1, -0.05) is 152 Å². The Hall–Kier alpha value is -6.90. The predicted molar refractivity (Wildman–Crippen MR) is 220 cm³/mol. The Morgan fingerprint density at radius 1 is 0.346 bits per heavy atom. The highest BCUT2D eigenvalue weighted by molar-refractivity contribution is 6.19. The molecule has 1 heterocycles. The average Bonchev–Trinajstić information content (AvgIpc) is 3.62. The van der Waals surface area contributed by atoms with Crippen LogP contribution in [0.3, 0.4) is 0 Å². The van der Waals surface area contributed by atoms with Crippen LogP contribution in [0.5, 0.6) is 0 Å². The second-order valence-electron chi connectivity index (χ2n) is 13.3. The van der Waals surface area contributed by atoms with Crippen molar-refractivity contribution in [1.82, 2.24) is 0 Å². The fraction of sp³-hybridized carbons (Fsp3) is 0. The van der Waals surface area contributed by atoms with Crippen molar-refractivity contribution in [3.63, 3.8) is 0 Å². The number of fused-ring (bicyclic) bond motifs is 6. The molecule has 2 heteroatoms. The quantitative estimate of drug-likeness (QED) is 0.176. The van der Waals surface area contributed by atoms with E-state index in [0.29, 0.717) is 0 Å². The first-order valence-corrected chi connectivity index (χ1v) is 17.8. The summed E-state index contributed by atoms with van der Waals surface area (Å²) in [7, 11) is 0. The standard InChI is InChI=1S/C50H33NO/c1-2-14-41(15-3-1)51(42-30-27-36(28-31-42)35-21-23-37(24-22-35)40-26-25-34-11-4-5-13-39(34)33-40)47-19-9-8-17-44(47)45-18-10-20-48-49(45)46-32-29-38-12-6-7-16-43(38)50(46)52-48/h1-33H. The number of hydrogen-bond donors (Lipinski definition) is 0. The summed E-state index contributed by atoms with van der Waals surface area (Å²) in [4.78, 5) is 2.36. The normalized spacial score (nSPS) is 11.5. The van der Waals surface area contributed by atoms with Gasteiger partial charge in [-0.25, -0.2) is 0 Å². The highest BCUT2D eigenvalue weighted by atomic mass is 16.3. The summed E-state index contributed by atoms with van der Waals surface area (Å²) in [6, 6.07) is 71.6. The van der Waals surface area contributed by atoms with Crippen LogP contribution in [-0.2, 0) is 0 Å². The zero-order chi connectivity index (χ0) is 34.4. The van der Waals surface area contributed by atoms with E-state index in [0.717, 1.165) is 55.5 Å². The smallest absolute Gasteiger partial charge is 0.143 e. The number of rotatable bonds is 6. The van der Waals surface area contributed by atoms with Crippen molar-refractivity contribution in [2.24, 2.45) is 0 Å². The maximum Gasteiger partial charge on any atom is 0.143 e. The molecule has 0 spiro atoms. The monoisotopic (exact) mass is 663 g/mol. The summed E-state index contributed by atoms with van der Waals surface area (Å²) in [5.74, 6) is 0. The third kappa shape index (κ3) is 5.12. The van der Waals surface area contributed by atoms with Crippen LogP contribution in [0.2, 0.25) is 0 Å². The Labute approximate surface area is 302 Å². The Morgan fingerprint density at radius 3 is 1.73 bits per heavy atom. The van der Waals surface area contributed by atoms with Gasteiger partial charge in [-0.15, -0.1) is 0 Å². The van der Waals surface area contributed by atoms with Crippen LogP contribution in [-0.4, -0.2) is 0 Å². The van der Waals surface area contributed by atoms with Gasteiger partial charge in [0.2, 0.25) is 0 Å². The van der Waals surface area contributed by atoms with Crippen LogP contribution in [0.25, 0.3) is 76.9 Å². The van der Waals surface area contributed by atoms with Gasteiger partial charge in [0.15, 0.2) is 0 Å². The van der Waals surface area contributed by atoms with E-state index < -0.39 is 0 Å². The van der Waals surface area contributed by atoms with Crippen molar-refractivity contribution in [1.29, 1.82) is 0 Å². The van der Waals surface area contributed by atoms with Gasteiger partial charge >= 0.3 is 0 Å². The van der Waals surface area contributed by atoms with E-state index in [9.17, 15) is 0 Å². The maximum absolute atomic E-state index is 6.59. The largest absolute Gasteiger partial charge is 0.455 e. The van der Waals surface area contributed by atoms with Gasteiger partial charge in [0, 0.05) is 33.1 Å². The summed E-state index contributed by atoms with van der Waals surface area (Å²) in [6.07, 6.45) is 0. The molecule has 0 saturated heterocycles. The minimum Gasteiger partial charge on any atom is -0.455 e. The van der Waals surface area contributed by atoms with Gasteiger partial charge in [0.25, 0.3) is 0 Å². The fourth-order valence-corrected chi connectivity index (χ4v) is 7.71.